The predicted octanol–water partition coefficient (Wildman–Crippen LogP) is 1.87. The monoisotopic (exact) mass is 466 g/mol. The summed E-state index contributed by atoms with van der Waals surface area (Å²) in [6.07, 6.45) is 4.85. The fraction of sp³-hybridized carbons (Fsp3) is 0.917. The van der Waals surface area contributed by atoms with Crippen LogP contribution in [0.1, 0.15) is 73.1 Å². The van der Waals surface area contributed by atoms with E-state index in [1.165, 1.54) is 12.8 Å². The minimum atomic E-state index is -1.64. The molecule has 33 heavy (non-hydrogen) atoms. The summed E-state index contributed by atoms with van der Waals surface area (Å²) in [7, 11) is -1.64. The van der Waals surface area contributed by atoms with Crippen molar-refractivity contribution in [1.82, 2.24) is 10.6 Å². The highest BCUT2D eigenvalue weighted by Crippen LogP contribution is 2.52. The molecule has 0 radical (unpaired) electrons. The zero-order chi connectivity index (χ0) is 24.3. The van der Waals surface area contributed by atoms with Gasteiger partial charge in [-0.2, -0.15) is 0 Å². The van der Waals surface area contributed by atoms with Crippen molar-refractivity contribution in [3.63, 3.8) is 0 Å². The molecule has 3 aliphatic rings. The molecule has 0 aromatic heterocycles. The van der Waals surface area contributed by atoms with Crippen LogP contribution in [0.2, 0.25) is 0 Å². The molecule has 2 aliphatic heterocycles. The van der Waals surface area contributed by atoms with Crippen LogP contribution in [0, 0.1) is 35.5 Å². The minimum Gasteiger partial charge on any atom is -0.426 e. The summed E-state index contributed by atoms with van der Waals surface area (Å²) in [4.78, 5) is 24.9. The van der Waals surface area contributed by atoms with Crippen LogP contribution in [0.5, 0.6) is 0 Å². The Kier molecular flexibility index (Phi) is 9.23. The maximum absolute atomic E-state index is 12.7. The Hall–Kier alpha value is -1.16. The van der Waals surface area contributed by atoms with Gasteiger partial charge in [0.1, 0.15) is 0 Å². The molecule has 8 nitrogen and oxygen atoms in total. The number of ether oxygens (including phenoxy) is 2. The Morgan fingerprint density at radius 3 is 2.36 bits per heavy atom. The third-order valence-electron chi connectivity index (χ3n) is 8.10. The van der Waals surface area contributed by atoms with Crippen LogP contribution in [0.15, 0.2) is 0 Å². The lowest BCUT2D eigenvalue weighted by Crippen LogP contribution is -2.54. The van der Waals surface area contributed by atoms with Crippen LogP contribution >= 0.6 is 0 Å². The van der Waals surface area contributed by atoms with Crippen molar-refractivity contribution in [1.29, 1.82) is 0 Å². The number of amides is 2. The summed E-state index contributed by atoms with van der Waals surface area (Å²) in [6, 6.07) is 0. The Bertz CT molecular complexity index is 677. The van der Waals surface area contributed by atoms with E-state index in [9.17, 15) is 19.6 Å². The average molecular weight is 466 g/mol. The number of carbonyl (C=O) groups excluding carboxylic acids is 2. The normalized spacial score (nSPS) is 37.0. The first kappa shape index (κ1) is 26.4. The van der Waals surface area contributed by atoms with E-state index in [2.05, 4.69) is 31.4 Å². The first-order valence-corrected chi connectivity index (χ1v) is 12.8. The quantitative estimate of drug-likeness (QED) is 0.406. The van der Waals surface area contributed by atoms with E-state index < -0.39 is 19.0 Å². The third-order valence-corrected chi connectivity index (χ3v) is 8.10. The van der Waals surface area contributed by atoms with Crippen LogP contribution < -0.4 is 10.6 Å². The fourth-order valence-electron chi connectivity index (χ4n) is 6.25. The molecule has 0 spiro atoms. The van der Waals surface area contributed by atoms with Gasteiger partial charge in [0.25, 0.3) is 0 Å². The molecule has 9 heteroatoms. The molecule has 2 heterocycles. The highest BCUT2D eigenvalue weighted by Gasteiger charge is 2.52. The number of hydrogen-bond donors (Lipinski definition) is 4. The van der Waals surface area contributed by atoms with Gasteiger partial charge in [-0.15, -0.1) is 0 Å². The summed E-state index contributed by atoms with van der Waals surface area (Å²) < 4.78 is 12.7. The van der Waals surface area contributed by atoms with Crippen molar-refractivity contribution in [2.75, 3.05) is 6.54 Å². The summed E-state index contributed by atoms with van der Waals surface area (Å²) in [5.41, 5.74) is 0. The maximum atomic E-state index is 12.7. The van der Waals surface area contributed by atoms with Gasteiger partial charge in [-0.1, -0.05) is 34.1 Å². The Balaban J connectivity index is 1.55. The Morgan fingerprint density at radius 2 is 1.70 bits per heavy atom. The van der Waals surface area contributed by atoms with Crippen molar-refractivity contribution >= 4 is 18.9 Å². The summed E-state index contributed by atoms with van der Waals surface area (Å²) in [5, 5.41) is 24.2. The molecule has 8 unspecified atom stereocenters. The number of rotatable bonds is 8. The molecule has 9 atom stereocenters. The highest BCUT2D eigenvalue weighted by molar-refractivity contribution is 6.43. The van der Waals surface area contributed by atoms with E-state index >= 15 is 0 Å². The molecule has 4 N–H and O–H groups in total. The first-order valence-electron chi connectivity index (χ1n) is 12.8. The van der Waals surface area contributed by atoms with Gasteiger partial charge in [0.05, 0.1) is 31.1 Å². The van der Waals surface area contributed by atoms with Crippen molar-refractivity contribution in [2.45, 2.75) is 97.6 Å². The number of carbonyl (C=O) groups is 2. The molecule has 2 saturated heterocycles. The number of nitrogens with one attached hydrogen (secondary N) is 2. The van der Waals surface area contributed by atoms with E-state index in [0.717, 1.165) is 12.8 Å². The van der Waals surface area contributed by atoms with Crippen LogP contribution in [0.3, 0.4) is 0 Å². The van der Waals surface area contributed by atoms with Gasteiger partial charge in [-0.05, 0) is 62.2 Å². The molecule has 188 valence electrons. The lowest BCUT2D eigenvalue weighted by molar-refractivity contribution is -0.276. The van der Waals surface area contributed by atoms with Crippen molar-refractivity contribution in [2.24, 2.45) is 35.5 Å². The second-order valence-electron chi connectivity index (χ2n) is 11.1. The Labute approximate surface area is 198 Å². The van der Waals surface area contributed by atoms with E-state index in [1.54, 1.807) is 0 Å². The summed E-state index contributed by atoms with van der Waals surface area (Å²) in [6.45, 7) is 10.3. The number of hydrogen-bond acceptors (Lipinski definition) is 6. The zero-order valence-electron chi connectivity index (χ0n) is 20.8. The second kappa shape index (κ2) is 11.5. The first-order chi connectivity index (χ1) is 15.6. The van der Waals surface area contributed by atoms with E-state index in [1.807, 2.05) is 13.8 Å². The second-order valence-corrected chi connectivity index (χ2v) is 11.1. The van der Waals surface area contributed by atoms with Crippen molar-refractivity contribution in [3.8, 4) is 0 Å². The van der Waals surface area contributed by atoms with Crippen molar-refractivity contribution < 1.29 is 29.1 Å². The van der Waals surface area contributed by atoms with Gasteiger partial charge in [0, 0.05) is 5.92 Å². The van der Waals surface area contributed by atoms with Gasteiger partial charge in [0.15, 0.2) is 6.29 Å². The molecule has 3 fully saturated rings. The van der Waals surface area contributed by atoms with Gasteiger partial charge in [0.2, 0.25) is 11.8 Å². The van der Waals surface area contributed by atoms with Crippen LogP contribution in [0.25, 0.3) is 0 Å². The Morgan fingerprint density at radius 1 is 1.00 bits per heavy atom. The largest absolute Gasteiger partial charge is 0.475 e. The van der Waals surface area contributed by atoms with Gasteiger partial charge in [-0.3, -0.25) is 9.59 Å². The zero-order valence-corrected chi connectivity index (χ0v) is 20.8. The SMILES string of the molecule is CC(C)CC(NC(=O)CNC(=O)CC1OC2OC(C)CCC3C2C(CC[C@H]3C)C1C)B(O)O. The van der Waals surface area contributed by atoms with Crippen LogP contribution in [-0.2, 0) is 19.1 Å². The van der Waals surface area contributed by atoms with Gasteiger partial charge < -0.3 is 30.2 Å². The smallest absolute Gasteiger partial charge is 0.426 e. The van der Waals surface area contributed by atoms with Crippen LogP contribution in [0.4, 0.5) is 0 Å². The fourth-order valence-corrected chi connectivity index (χ4v) is 6.25. The third kappa shape index (κ3) is 6.71. The van der Waals surface area contributed by atoms with E-state index in [0.29, 0.717) is 30.1 Å². The van der Waals surface area contributed by atoms with Crippen molar-refractivity contribution in [3.05, 3.63) is 0 Å². The topological polar surface area (TPSA) is 117 Å². The molecular formula is C24H43BN2O6. The summed E-state index contributed by atoms with van der Waals surface area (Å²) >= 11 is 0. The molecule has 0 bridgehead atoms. The molecule has 1 aliphatic carbocycles. The molecule has 1 saturated carbocycles. The standard InChI is InChI=1S/C24H43BN2O6/c1-13(2)10-20(25(30)31)27-22(29)12-26-21(28)11-19-16(5)18-8-6-14(3)17-9-7-15(4)32-24(33-19)23(17)18/h13-20,23-24,30-31H,6-12H2,1-5H3,(H,26,28)(H,27,29)/t14-,15?,16?,17?,18?,19?,20?,23?,24?/m1/s1. The maximum Gasteiger partial charge on any atom is 0.475 e. The van der Waals surface area contributed by atoms with Crippen LogP contribution in [-0.4, -0.2) is 60.0 Å². The molecule has 2 amide bonds. The lowest BCUT2D eigenvalue weighted by Gasteiger charge is -2.52. The average Bonchev–Trinajstić information content (AvgIpc) is 2.90. The molecular weight excluding hydrogens is 423 g/mol. The molecule has 0 aromatic carbocycles. The highest BCUT2D eigenvalue weighted by atomic mass is 16.7. The van der Waals surface area contributed by atoms with Gasteiger partial charge >= 0.3 is 7.12 Å². The minimum absolute atomic E-state index is 0.153. The lowest BCUT2D eigenvalue weighted by atomic mass is 9.60. The van der Waals surface area contributed by atoms with E-state index in [4.69, 9.17) is 9.47 Å². The molecule has 0 aromatic rings. The summed E-state index contributed by atoms with van der Waals surface area (Å²) in [5.74, 6) is 1.16. The predicted molar refractivity (Wildman–Crippen MR) is 126 cm³/mol. The van der Waals surface area contributed by atoms with E-state index in [-0.39, 0.29) is 49.2 Å². The molecule has 3 rings (SSSR count). The van der Waals surface area contributed by atoms with Gasteiger partial charge in [-0.25, -0.2) is 0 Å².